The highest BCUT2D eigenvalue weighted by Crippen LogP contribution is 2.19. The Bertz CT molecular complexity index is 526. The summed E-state index contributed by atoms with van der Waals surface area (Å²) in [5.74, 6) is 1.19. The molecule has 3 nitrogen and oxygen atoms in total. The van der Waals surface area contributed by atoms with Gasteiger partial charge in [0, 0.05) is 18.1 Å². The molecule has 1 unspecified atom stereocenters. The van der Waals surface area contributed by atoms with Crippen molar-refractivity contribution in [2.75, 3.05) is 11.9 Å². The Kier molecular flexibility index (Phi) is 4.97. The molecule has 1 aromatic carbocycles. The van der Waals surface area contributed by atoms with Crippen molar-refractivity contribution in [1.29, 1.82) is 0 Å². The maximum Gasteiger partial charge on any atom is 0.223 e. The van der Waals surface area contributed by atoms with Gasteiger partial charge in [0.1, 0.15) is 0 Å². The predicted molar refractivity (Wildman–Crippen MR) is 81.7 cm³/mol. The van der Waals surface area contributed by atoms with E-state index in [4.69, 9.17) is 11.6 Å². The molecule has 0 amide bonds. The third-order valence-electron chi connectivity index (χ3n) is 3.50. The van der Waals surface area contributed by atoms with Gasteiger partial charge in [0.25, 0.3) is 0 Å². The summed E-state index contributed by atoms with van der Waals surface area (Å²) in [5, 5.41) is 4.40. The molecule has 0 aliphatic rings. The van der Waals surface area contributed by atoms with Crippen LogP contribution in [0.2, 0.25) is 0 Å². The Morgan fingerprint density at radius 2 is 1.95 bits per heavy atom. The summed E-state index contributed by atoms with van der Waals surface area (Å²) in [5.41, 5.74) is 0.952. The highest BCUT2D eigenvalue weighted by atomic mass is 35.5. The molecular formula is C15H20ClN3. The van der Waals surface area contributed by atoms with Gasteiger partial charge in [-0.15, -0.1) is 11.6 Å². The second kappa shape index (κ2) is 6.71. The highest BCUT2D eigenvalue weighted by molar-refractivity contribution is 6.21. The normalized spacial score (nSPS) is 12.8. The number of hydrogen-bond donors (Lipinski definition) is 1. The van der Waals surface area contributed by atoms with Gasteiger partial charge in [0.2, 0.25) is 5.95 Å². The Balaban J connectivity index is 2.01. The lowest BCUT2D eigenvalue weighted by Crippen LogP contribution is -2.23. The molecule has 0 aliphatic carbocycles. The minimum absolute atomic E-state index is 0.116. The quantitative estimate of drug-likeness (QED) is 0.808. The average Bonchev–Trinajstić information content (AvgIpc) is 2.46. The molecule has 2 aromatic rings. The number of anilines is 1. The monoisotopic (exact) mass is 277 g/mol. The fourth-order valence-corrected chi connectivity index (χ4v) is 2.65. The lowest BCUT2D eigenvalue weighted by atomic mass is 9.99. The fourth-order valence-electron chi connectivity index (χ4n) is 2.21. The number of rotatable bonds is 6. The van der Waals surface area contributed by atoms with Gasteiger partial charge in [-0.1, -0.05) is 44.9 Å². The van der Waals surface area contributed by atoms with E-state index in [1.807, 2.05) is 30.5 Å². The third-order valence-corrected chi connectivity index (χ3v) is 4.02. The molecule has 0 radical (unpaired) electrons. The van der Waals surface area contributed by atoms with Crippen molar-refractivity contribution in [3.05, 3.63) is 30.5 Å². The van der Waals surface area contributed by atoms with Crippen LogP contribution >= 0.6 is 11.6 Å². The molecule has 0 saturated heterocycles. The average molecular weight is 278 g/mol. The van der Waals surface area contributed by atoms with Crippen LogP contribution in [0.3, 0.4) is 0 Å². The van der Waals surface area contributed by atoms with Crippen molar-refractivity contribution < 1.29 is 0 Å². The molecule has 2 rings (SSSR count). The first kappa shape index (κ1) is 14.1. The number of alkyl halides is 1. The van der Waals surface area contributed by atoms with Crippen molar-refractivity contribution in [2.45, 2.75) is 32.1 Å². The number of aromatic nitrogens is 2. The summed E-state index contributed by atoms with van der Waals surface area (Å²) in [7, 11) is 0. The molecule has 0 aliphatic heterocycles. The van der Waals surface area contributed by atoms with Crippen LogP contribution in [0.15, 0.2) is 30.5 Å². The number of benzene rings is 1. The first-order chi connectivity index (χ1) is 9.24. The summed E-state index contributed by atoms with van der Waals surface area (Å²) < 4.78 is 0. The molecule has 4 heteroatoms. The van der Waals surface area contributed by atoms with Gasteiger partial charge in [-0.2, -0.15) is 0 Å². The van der Waals surface area contributed by atoms with Gasteiger partial charge in [0.15, 0.2) is 0 Å². The zero-order valence-electron chi connectivity index (χ0n) is 11.4. The van der Waals surface area contributed by atoms with E-state index >= 15 is 0 Å². The van der Waals surface area contributed by atoms with Crippen LogP contribution in [-0.2, 0) is 0 Å². The van der Waals surface area contributed by atoms with Gasteiger partial charge in [-0.25, -0.2) is 9.97 Å². The van der Waals surface area contributed by atoms with E-state index in [0.717, 1.165) is 23.7 Å². The molecule has 1 N–H and O–H groups in total. The van der Waals surface area contributed by atoms with Crippen molar-refractivity contribution >= 4 is 28.5 Å². The van der Waals surface area contributed by atoms with E-state index in [-0.39, 0.29) is 5.38 Å². The van der Waals surface area contributed by atoms with Gasteiger partial charge < -0.3 is 5.32 Å². The Hall–Kier alpha value is -1.35. The van der Waals surface area contributed by atoms with E-state index in [9.17, 15) is 0 Å². The summed E-state index contributed by atoms with van der Waals surface area (Å²) >= 11 is 6.40. The van der Waals surface area contributed by atoms with Crippen molar-refractivity contribution in [3.63, 3.8) is 0 Å². The zero-order valence-corrected chi connectivity index (χ0v) is 12.2. The molecule has 1 atom stereocenters. The molecule has 19 heavy (non-hydrogen) atoms. The predicted octanol–water partition coefficient (Wildman–Crippen LogP) is 4.09. The molecule has 0 fully saturated rings. The summed E-state index contributed by atoms with van der Waals surface area (Å²) in [4.78, 5) is 8.79. The maximum atomic E-state index is 6.40. The van der Waals surface area contributed by atoms with E-state index < -0.39 is 0 Å². The Labute approximate surface area is 119 Å². The largest absolute Gasteiger partial charge is 0.353 e. The van der Waals surface area contributed by atoms with Crippen LogP contribution in [0.1, 0.15) is 26.7 Å². The van der Waals surface area contributed by atoms with Gasteiger partial charge >= 0.3 is 0 Å². The topological polar surface area (TPSA) is 37.8 Å². The van der Waals surface area contributed by atoms with Crippen LogP contribution in [0, 0.1) is 5.92 Å². The molecule has 102 valence electrons. The molecule has 0 saturated carbocycles. The summed E-state index contributed by atoms with van der Waals surface area (Å²) in [6.45, 7) is 5.05. The van der Waals surface area contributed by atoms with E-state index in [1.165, 1.54) is 0 Å². The first-order valence-corrected chi connectivity index (χ1v) is 7.28. The van der Waals surface area contributed by atoms with Crippen molar-refractivity contribution in [1.82, 2.24) is 9.97 Å². The Morgan fingerprint density at radius 3 is 2.68 bits per heavy atom. The smallest absolute Gasteiger partial charge is 0.223 e. The molecule has 0 spiro atoms. The Morgan fingerprint density at radius 1 is 1.21 bits per heavy atom. The van der Waals surface area contributed by atoms with Crippen LogP contribution in [-0.4, -0.2) is 21.9 Å². The SMILES string of the molecule is CCC(CC)C(Cl)CNc1ncc2ccccc2n1. The van der Waals surface area contributed by atoms with Crippen molar-refractivity contribution in [2.24, 2.45) is 5.92 Å². The zero-order chi connectivity index (χ0) is 13.7. The standard InChI is InChI=1S/C15H20ClN3/c1-3-11(4-2)13(16)10-18-15-17-9-12-7-5-6-8-14(12)19-15/h5-9,11,13H,3-4,10H2,1-2H3,(H,17,18,19). The lowest BCUT2D eigenvalue weighted by Gasteiger charge is -2.19. The minimum Gasteiger partial charge on any atom is -0.353 e. The first-order valence-electron chi connectivity index (χ1n) is 6.84. The number of para-hydroxylation sites is 1. The molecular weight excluding hydrogens is 258 g/mol. The molecule has 0 bridgehead atoms. The number of hydrogen-bond acceptors (Lipinski definition) is 3. The fraction of sp³-hybridized carbons (Fsp3) is 0.467. The third kappa shape index (κ3) is 3.57. The van der Waals surface area contributed by atoms with Gasteiger partial charge in [0.05, 0.1) is 10.9 Å². The van der Waals surface area contributed by atoms with E-state index in [1.54, 1.807) is 0 Å². The van der Waals surface area contributed by atoms with Crippen LogP contribution in [0.4, 0.5) is 5.95 Å². The van der Waals surface area contributed by atoms with Gasteiger partial charge in [-0.05, 0) is 12.0 Å². The molecule has 1 aromatic heterocycles. The number of halogens is 1. The van der Waals surface area contributed by atoms with Crippen LogP contribution < -0.4 is 5.32 Å². The summed E-state index contributed by atoms with van der Waals surface area (Å²) in [6.07, 6.45) is 4.04. The second-order valence-electron chi connectivity index (χ2n) is 4.73. The molecule has 1 heterocycles. The number of fused-ring (bicyclic) bond motifs is 1. The number of nitrogens with one attached hydrogen (secondary N) is 1. The van der Waals surface area contributed by atoms with Crippen LogP contribution in [0.25, 0.3) is 10.9 Å². The van der Waals surface area contributed by atoms with E-state index in [0.29, 0.717) is 18.4 Å². The number of nitrogens with zero attached hydrogens (tertiary/aromatic N) is 2. The van der Waals surface area contributed by atoms with Crippen molar-refractivity contribution in [3.8, 4) is 0 Å². The van der Waals surface area contributed by atoms with E-state index in [2.05, 4.69) is 29.1 Å². The van der Waals surface area contributed by atoms with Crippen LogP contribution in [0.5, 0.6) is 0 Å². The minimum atomic E-state index is 0.116. The van der Waals surface area contributed by atoms with Gasteiger partial charge in [-0.3, -0.25) is 0 Å². The highest BCUT2D eigenvalue weighted by Gasteiger charge is 2.15. The lowest BCUT2D eigenvalue weighted by molar-refractivity contribution is 0.475. The summed E-state index contributed by atoms with van der Waals surface area (Å²) in [6, 6.07) is 7.96. The maximum absolute atomic E-state index is 6.40. The second-order valence-corrected chi connectivity index (χ2v) is 5.29.